The second kappa shape index (κ2) is 3.29. The van der Waals surface area contributed by atoms with Crippen molar-refractivity contribution in [3.05, 3.63) is 0 Å². The van der Waals surface area contributed by atoms with Crippen LogP contribution in [0, 0.1) is 17.8 Å². The molecule has 0 saturated heterocycles. The van der Waals surface area contributed by atoms with E-state index in [0.717, 1.165) is 12.3 Å². The molecule has 6 heteroatoms. The van der Waals surface area contributed by atoms with Gasteiger partial charge in [0.05, 0.1) is 0 Å². The van der Waals surface area contributed by atoms with Gasteiger partial charge >= 0.3 is 0 Å². The number of hydrogen-bond acceptors (Lipinski definition) is 4. The molecule has 2 fully saturated rings. The fraction of sp³-hybridized carbons (Fsp3) is 0.778. The Labute approximate surface area is 86.8 Å². The predicted octanol–water partition coefficient (Wildman–Crippen LogP) is 0.574. The molecule has 3 unspecified atom stereocenters. The maximum absolute atomic E-state index is 11.9. The monoisotopic (exact) mass is 207 g/mol. The summed E-state index contributed by atoms with van der Waals surface area (Å²) in [5.41, 5.74) is 0. The molecular weight excluding hydrogens is 194 g/mol. The minimum Gasteiger partial charge on any atom is -0.292 e. The fourth-order valence-corrected chi connectivity index (χ4v) is 2.98. The van der Waals surface area contributed by atoms with Crippen molar-refractivity contribution >= 4 is 11.9 Å². The number of rotatable bonds is 2. The van der Waals surface area contributed by atoms with Gasteiger partial charge in [-0.2, -0.15) is 5.21 Å². The van der Waals surface area contributed by atoms with Gasteiger partial charge in [-0.05, 0) is 36.3 Å². The van der Waals surface area contributed by atoms with Gasteiger partial charge in [0.2, 0.25) is 5.91 Å². The van der Waals surface area contributed by atoms with Gasteiger partial charge in [-0.3, -0.25) is 10.1 Å². The molecule has 2 saturated carbocycles. The van der Waals surface area contributed by atoms with Crippen molar-refractivity contribution in [1.29, 1.82) is 0 Å². The number of H-pyrrole nitrogens is 1. The number of aromatic nitrogens is 4. The average Bonchev–Trinajstić information content (AvgIpc) is 2.93. The molecule has 0 spiro atoms. The van der Waals surface area contributed by atoms with Crippen LogP contribution in [-0.4, -0.2) is 26.5 Å². The third kappa shape index (κ3) is 1.49. The van der Waals surface area contributed by atoms with E-state index in [0.29, 0.717) is 5.92 Å². The number of nitrogens with one attached hydrogen (secondary N) is 2. The van der Waals surface area contributed by atoms with Crippen LogP contribution >= 0.6 is 0 Å². The highest BCUT2D eigenvalue weighted by atomic mass is 16.2. The van der Waals surface area contributed by atoms with Crippen LogP contribution in [0.15, 0.2) is 0 Å². The number of hydrogen-bond donors (Lipinski definition) is 2. The maximum atomic E-state index is 11.9. The lowest BCUT2D eigenvalue weighted by atomic mass is 9.88. The number of fused-ring (bicyclic) bond motifs is 2. The highest BCUT2D eigenvalue weighted by molar-refractivity contribution is 5.91. The Hall–Kier alpha value is -1.46. The first kappa shape index (κ1) is 8.82. The lowest BCUT2D eigenvalue weighted by molar-refractivity contribution is -0.121. The van der Waals surface area contributed by atoms with Crippen LogP contribution in [0.25, 0.3) is 0 Å². The number of carbonyl (C=O) groups is 1. The minimum atomic E-state index is 0.0589. The van der Waals surface area contributed by atoms with Crippen molar-refractivity contribution in [3.63, 3.8) is 0 Å². The van der Waals surface area contributed by atoms with E-state index in [2.05, 4.69) is 25.9 Å². The summed E-state index contributed by atoms with van der Waals surface area (Å²) >= 11 is 0. The molecule has 2 bridgehead atoms. The number of anilines is 1. The normalized spacial score (nSPS) is 33.2. The topological polar surface area (TPSA) is 83.6 Å². The van der Waals surface area contributed by atoms with Crippen molar-refractivity contribution in [1.82, 2.24) is 20.6 Å². The summed E-state index contributed by atoms with van der Waals surface area (Å²) < 4.78 is 0. The van der Waals surface area contributed by atoms with E-state index in [1.807, 2.05) is 0 Å². The Morgan fingerprint density at radius 3 is 2.93 bits per heavy atom. The molecule has 2 aliphatic carbocycles. The zero-order chi connectivity index (χ0) is 10.3. The predicted molar refractivity (Wildman–Crippen MR) is 51.7 cm³/mol. The Balaban J connectivity index is 1.66. The highest BCUT2D eigenvalue weighted by Crippen LogP contribution is 2.48. The molecule has 6 nitrogen and oxygen atoms in total. The van der Waals surface area contributed by atoms with Gasteiger partial charge in [0, 0.05) is 5.92 Å². The lowest BCUT2D eigenvalue weighted by Crippen LogP contribution is -2.27. The van der Waals surface area contributed by atoms with E-state index in [4.69, 9.17) is 0 Å². The standard InChI is InChI=1S/C9H13N5O/c15-8(10-9-11-13-14-12-9)7-4-5-1-2-6(7)3-5/h5-7H,1-4H2,(H2,10,11,12,13,14,15). The molecule has 1 heterocycles. The smallest absolute Gasteiger partial charge is 0.269 e. The number of aromatic amines is 1. The molecule has 1 aromatic heterocycles. The molecule has 3 rings (SSSR count). The molecular formula is C9H13N5O. The van der Waals surface area contributed by atoms with Crippen LogP contribution in [0.4, 0.5) is 5.95 Å². The molecule has 0 aromatic carbocycles. The van der Waals surface area contributed by atoms with Gasteiger partial charge < -0.3 is 0 Å². The molecule has 3 atom stereocenters. The van der Waals surface area contributed by atoms with Crippen molar-refractivity contribution in [3.8, 4) is 0 Å². The molecule has 1 aromatic rings. The zero-order valence-electron chi connectivity index (χ0n) is 8.31. The number of amides is 1. The first-order valence-corrected chi connectivity index (χ1v) is 5.37. The lowest BCUT2D eigenvalue weighted by Gasteiger charge is -2.19. The van der Waals surface area contributed by atoms with Crippen LogP contribution in [0.3, 0.4) is 0 Å². The molecule has 2 N–H and O–H groups in total. The number of carbonyl (C=O) groups excluding carboxylic acids is 1. The summed E-state index contributed by atoms with van der Waals surface area (Å²) in [6.45, 7) is 0. The maximum Gasteiger partial charge on any atom is 0.269 e. The summed E-state index contributed by atoms with van der Waals surface area (Å²) in [7, 11) is 0. The number of tetrazole rings is 1. The van der Waals surface area contributed by atoms with Crippen molar-refractivity contribution in [2.75, 3.05) is 5.32 Å². The number of nitrogens with zero attached hydrogens (tertiary/aromatic N) is 3. The summed E-state index contributed by atoms with van der Waals surface area (Å²) in [5.74, 6) is 1.87. The molecule has 0 radical (unpaired) electrons. The summed E-state index contributed by atoms with van der Waals surface area (Å²) in [6.07, 6.45) is 4.77. The third-order valence-corrected chi connectivity index (χ3v) is 3.66. The van der Waals surface area contributed by atoms with Crippen LogP contribution in [0.5, 0.6) is 0 Å². The van der Waals surface area contributed by atoms with Gasteiger partial charge in [0.25, 0.3) is 5.95 Å². The molecule has 2 aliphatic rings. The molecule has 1 amide bonds. The van der Waals surface area contributed by atoms with E-state index in [9.17, 15) is 4.79 Å². The molecule has 0 aliphatic heterocycles. The Bertz CT molecular complexity index is 363. The van der Waals surface area contributed by atoms with Crippen LogP contribution in [0.1, 0.15) is 25.7 Å². The van der Waals surface area contributed by atoms with Crippen molar-refractivity contribution < 1.29 is 4.79 Å². The Morgan fingerprint density at radius 2 is 2.33 bits per heavy atom. The van der Waals surface area contributed by atoms with Gasteiger partial charge in [0.1, 0.15) is 0 Å². The third-order valence-electron chi connectivity index (χ3n) is 3.66. The van der Waals surface area contributed by atoms with Crippen LogP contribution < -0.4 is 5.32 Å². The van der Waals surface area contributed by atoms with Crippen molar-refractivity contribution in [2.45, 2.75) is 25.7 Å². The van der Waals surface area contributed by atoms with Crippen molar-refractivity contribution in [2.24, 2.45) is 17.8 Å². The SMILES string of the molecule is O=C(Nc1nn[nH]n1)C1CC2CCC1C2. The quantitative estimate of drug-likeness (QED) is 0.742. The second-order valence-electron chi connectivity index (χ2n) is 4.51. The van der Waals surface area contributed by atoms with Crippen LogP contribution in [-0.2, 0) is 4.79 Å². The fourth-order valence-electron chi connectivity index (χ4n) is 2.98. The van der Waals surface area contributed by atoms with Gasteiger partial charge in [-0.1, -0.05) is 11.5 Å². The summed E-state index contributed by atoms with van der Waals surface area (Å²) in [5, 5.41) is 15.8. The van der Waals surface area contributed by atoms with Crippen LogP contribution in [0.2, 0.25) is 0 Å². The first-order chi connectivity index (χ1) is 7.33. The second-order valence-corrected chi connectivity index (χ2v) is 4.51. The van der Waals surface area contributed by atoms with Gasteiger partial charge in [-0.15, -0.1) is 5.10 Å². The van der Waals surface area contributed by atoms with E-state index >= 15 is 0 Å². The Morgan fingerprint density at radius 1 is 1.40 bits per heavy atom. The van der Waals surface area contributed by atoms with E-state index < -0.39 is 0 Å². The van der Waals surface area contributed by atoms with Gasteiger partial charge in [-0.25, -0.2) is 0 Å². The van der Waals surface area contributed by atoms with E-state index in [-0.39, 0.29) is 17.8 Å². The summed E-state index contributed by atoms with van der Waals surface area (Å²) in [4.78, 5) is 11.9. The van der Waals surface area contributed by atoms with E-state index in [1.54, 1.807) is 0 Å². The minimum absolute atomic E-state index is 0.0589. The zero-order valence-corrected chi connectivity index (χ0v) is 8.31. The molecule has 15 heavy (non-hydrogen) atoms. The van der Waals surface area contributed by atoms with Gasteiger partial charge in [0.15, 0.2) is 0 Å². The first-order valence-electron chi connectivity index (χ1n) is 5.37. The largest absolute Gasteiger partial charge is 0.292 e. The van der Waals surface area contributed by atoms with E-state index in [1.165, 1.54) is 19.3 Å². The highest BCUT2D eigenvalue weighted by Gasteiger charge is 2.43. The molecule has 80 valence electrons. The Kier molecular flexibility index (Phi) is 1.93. The average molecular weight is 207 g/mol. The summed E-state index contributed by atoms with van der Waals surface area (Å²) in [6, 6.07) is 0.